The van der Waals surface area contributed by atoms with Gasteiger partial charge in [0.15, 0.2) is 0 Å². The molecule has 0 aliphatic rings. The summed E-state index contributed by atoms with van der Waals surface area (Å²) in [5, 5.41) is 11.3. The first-order chi connectivity index (χ1) is 8.92. The molecule has 0 fully saturated rings. The molecule has 1 radical (unpaired) electrons. The van der Waals surface area contributed by atoms with Crippen molar-refractivity contribution in [1.82, 2.24) is 25.2 Å². The van der Waals surface area contributed by atoms with E-state index < -0.39 is 0 Å². The molecule has 5 heteroatoms. The van der Waals surface area contributed by atoms with Gasteiger partial charge in [-0.15, -0.1) is 15.0 Å². The van der Waals surface area contributed by atoms with Crippen molar-refractivity contribution in [3.8, 4) is 5.69 Å². The maximum Gasteiger partial charge on any atom is 0.246 e. The number of hydrogen-bond donors (Lipinski definition) is 0. The Labute approximate surface area is 104 Å². The van der Waals surface area contributed by atoms with Gasteiger partial charge in [0.2, 0.25) is 6.33 Å². The molecule has 0 atom stereocenters. The van der Waals surface area contributed by atoms with E-state index in [0.717, 1.165) is 12.1 Å². The van der Waals surface area contributed by atoms with Gasteiger partial charge >= 0.3 is 0 Å². The second kappa shape index (κ2) is 4.75. The molecule has 0 saturated carbocycles. The Morgan fingerprint density at radius 3 is 2.83 bits per heavy atom. The molecule has 0 spiro atoms. The summed E-state index contributed by atoms with van der Waals surface area (Å²) in [6.07, 6.45) is 6.91. The van der Waals surface area contributed by atoms with Crippen LogP contribution in [-0.4, -0.2) is 25.2 Å². The third kappa shape index (κ3) is 2.24. The molecule has 0 bridgehead atoms. The zero-order valence-corrected chi connectivity index (χ0v) is 9.56. The number of aromatic nitrogens is 5. The van der Waals surface area contributed by atoms with Crippen LogP contribution in [0.4, 0.5) is 0 Å². The number of hydrogen-bond acceptors (Lipinski definition) is 4. The molecular weight excluding hydrogens is 226 g/mol. The molecule has 1 aromatic carbocycles. The van der Waals surface area contributed by atoms with E-state index in [2.05, 4.69) is 38.9 Å². The summed E-state index contributed by atoms with van der Waals surface area (Å²) in [6.45, 7) is 0. The zero-order valence-electron chi connectivity index (χ0n) is 9.56. The molecule has 2 aromatic heterocycles. The molecule has 2 heterocycles. The monoisotopic (exact) mass is 236 g/mol. The minimum atomic E-state index is 0.833. The number of tetrazole rings is 1. The summed E-state index contributed by atoms with van der Waals surface area (Å²) in [6, 6.07) is 12.0. The lowest BCUT2D eigenvalue weighted by Crippen LogP contribution is -2.00. The van der Waals surface area contributed by atoms with Crippen LogP contribution in [0.3, 0.4) is 0 Å². The molecule has 0 aliphatic heterocycles. The molecule has 3 aromatic rings. The van der Waals surface area contributed by atoms with Crippen molar-refractivity contribution in [2.45, 2.75) is 6.42 Å². The smallest absolute Gasteiger partial charge is 0.246 e. The molecule has 5 nitrogen and oxygen atoms in total. The lowest BCUT2D eigenvalue weighted by Gasteiger charge is -2.03. The molecule has 0 amide bonds. The van der Waals surface area contributed by atoms with Crippen LogP contribution in [0.2, 0.25) is 0 Å². The van der Waals surface area contributed by atoms with Crippen LogP contribution in [0.15, 0.2) is 48.8 Å². The van der Waals surface area contributed by atoms with Crippen molar-refractivity contribution >= 4 is 0 Å². The van der Waals surface area contributed by atoms with Crippen molar-refractivity contribution in [1.29, 1.82) is 0 Å². The molecule has 18 heavy (non-hydrogen) atoms. The lowest BCUT2D eigenvalue weighted by molar-refractivity contribution is 0.718. The first-order valence-corrected chi connectivity index (χ1v) is 5.56. The molecule has 87 valence electrons. The van der Waals surface area contributed by atoms with Crippen molar-refractivity contribution in [3.63, 3.8) is 0 Å². The molecule has 3 rings (SSSR count). The third-order valence-corrected chi connectivity index (χ3v) is 2.59. The SMILES string of the molecule is [c]1nnn(-c2cccc(Cc3cccnc3)c2)n1. The highest BCUT2D eigenvalue weighted by Gasteiger charge is 2.01. The number of nitrogens with zero attached hydrogens (tertiary/aromatic N) is 5. The number of rotatable bonds is 3. The highest BCUT2D eigenvalue weighted by molar-refractivity contribution is 5.35. The summed E-state index contributed by atoms with van der Waals surface area (Å²) >= 11 is 0. The maximum absolute atomic E-state index is 4.11. The van der Waals surface area contributed by atoms with Crippen molar-refractivity contribution in [3.05, 3.63) is 66.2 Å². The van der Waals surface area contributed by atoms with Gasteiger partial charge in [-0.05, 0) is 41.0 Å². The predicted molar refractivity (Wildman–Crippen MR) is 65.0 cm³/mol. The van der Waals surface area contributed by atoms with Crippen molar-refractivity contribution in [2.24, 2.45) is 0 Å². The Balaban J connectivity index is 1.88. The second-order valence-corrected chi connectivity index (χ2v) is 3.89. The quantitative estimate of drug-likeness (QED) is 0.690. The lowest BCUT2D eigenvalue weighted by atomic mass is 10.1. The van der Waals surface area contributed by atoms with E-state index in [1.807, 2.05) is 30.5 Å². The average molecular weight is 236 g/mol. The predicted octanol–water partition coefficient (Wildman–Crippen LogP) is 1.45. The Bertz CT molecular complexity index is 619. The summed E-state index contributed by atoms with van der Waals surface area (Å²) in [5.41, 5.74) is 3.23. The highest BCUT2D eigenvalue weighted by atomic mass is 15.6. The van der Waals surface area contributed by atoms with Gasteiger partial charge in [0.25, 0.3) is 0 Å². The maximum atomic E-state index is 4.11. The number of benzene rings is 1. The molecular formula is C13H10N5. The van der Waals surface area contributed by atoms with Crippen LogP contribution in [0.25, 0.3) is 5.69 Å². The fraction of sp³-hybridized carbons (Fsp3) is 0.0769. The van der Waals surface area contributed by atoms with E-state index >= 15 is 0 Å². The van der Waals surface area contributed by atoms with E-state index in [1.54, 1.807) is 6.20 Å². The average Bonchev–Trinajstić information content (AvgIpc) is 2.94. The van der Waals surface area contributed by atoms with Gasteiger partial charge in [0.1, 0.15) is 0 Å². The van der Waals surface area contributed by atoms with Gasteiger partial charge in [0.05, 0.1) is 5.69 Å². The van der Waals surface area contributed by atoms with Gasteiger partial charge < -0.3 is 0 Å². The highest BCUT2D eigenvalue weighted by Crippen LogP contribution is 2.12. The van der Waals surface area contributed by atoms with Gasteiger partial charge in [-0.1, -0.05) is 18.2 Å². The Morgan fingerprint density at radius 2 is 2.06 bits per heavy atom. The minimum Gasteiger partial charge on any atom is -0.264 e. The standard InChI is InChI=1S/C13H10N5/c1-3-11(7-12-4-2-6-14-9-12)8-13(5-1)18-16-10-15-17-18/h1-6,8-9H,7H2. The molecule has 0 unspecified atom stereocenters. The fourth-order valence-corrected chi connectivity index (χ4v) is 1.78. The molecule has 0 N–H and O–H groups in total. The van der Waals surface area contributed by atoms with Gasteiger partial charge in [0, 0.05) is 12.4 Å². The normalized spacial score (nSPS) is 10.4. The van der Waals surface area contributed by atoms with Gasteiger partial charge in [-0.25, -0.2) is 0 Å². The first kappa shape index (κ1) is 10.6. The van der Waals surface area contributed by atoms with E-state index in [4.69, 9.17) is 0 Å². The van der Waals surface area contributed by atoms with Crippen LogP contribution in [0, 0.1) is 6.33 Å². The fourth-order valence-electron chi connectivity index (χ4n) is 1.78. The van der Waals surface area contributed by atoms with E-state index in [0.29, 0.717) is 0 Å². The topological polar surface area (TPSA) is 56.5 Å². The Morgan fingerprint density at radius 1 is 1.11 bits per heavy atom. The zero-order chi connectivity index (χ0) is 12.2. The van der Waals surface area contributed by atoms with Gasteiger partial charge in [-0.3, -0.25) is 4.98 Å². The summed E-state index contributed by atoms with van der Waals surface area (Å²) in [5.74, 6) is 0. The minimum absolute atomic E-state index is 0.833. The van der Waals surface area contributed by atoms with Crippen LogP contribution >= 0.6 is 0 Å². The largest absolute Gasteiger partial charge is 0.264 e. The molecule has 0 saturated heterocycles. The Hall–Kier alpha value is -2.56. The van der Waals surface area contributed by atoms with E-state index in [1.165, 1.54) is 15.9 Å². The number of pyridine rings is 1. The second-order valence-electron chi connectivity index (χ2n) is 3.89. The molecule has 0 aliphatic carbocycles. The van der Waals surface area contributed by atoms with E-state index in [-0.39, 0.29) is 0 Å². The summed E-state index contributed by atoms with van der Waals surface area (Å²) < 4.78 is 0. The van der Waals surface area contributed by atoms with Crippen molar-refractivity contribution in [2.75, 3.05) is 0 Å². The van der Waals surface area contributed by atoms with Crippen LogP contribution in [0.1, 0.15) is 11.1 Å². The third-order valence-electron chi connectivity index (χ3n) is 2.59. The van der Waals surface area contributed by atoms with Crippen LogP contribution < -0.4 is 0 Å². The van der Waals surface area contributed by atoms with Crippen molar-refractivity contribution < 1.29 is 0 Å². The van der Waals surface area contributed by atoms with Gasteiger partial charge in [-0.2, -0.15) is 0 Å². The van der Waals surface area contributed by atoms with Crippen LogP contribution in [-0.2, 0) is 6.42 Å². The summed E-state index contributed by atoms with van der Waals surface area (Å²) in [4.78, 5) is 5.56. The first-order valence-electron chi connectivity index (χ1n) is 5.56. The van der Waals surface area contributed by atoms with E-state index in [9.17, 15) is 0 Å². The summed E-state index contributed by atoms with van der Waals surface area (Å²) in [7, 11) is 0. The van der Waals surface area contributed by atoms with Crippen LogP contribution in [0.5, 0.6) is 0 Å². The Kier molecular flexibility index (Phi) is 2.79.